The highest BCUT2D eigenvalue weighted by atomic mass is 32.2. The first-order valence-electron chi connectivity index (χ1n) is 7.02. The highest BCUT2D eigenvalue weighted by Gasteiger charge is 2.17. The zero-order valence-corrected chi connectivity index (χ0v) is 12.5. The minimum Gasteiger partial charge on any atom is -0.393 e. The second kappa shape index (κ2) is 9.75. The maximum atomic E-state index is 10.8. The van der Waals surface area contributed by atoms with Gasteiger partial charge in [0.25, 0.3) is 10.1 Å². The molecule has 0 rings (SSSR count). The molecule has 0 aromatic carbocycles. The molecule has 110 valence electrons. The molecule has 0 saturated carbocycles. The van der Waals surface area contributed by atoms with E-state index >= 15 is 0 Å². The number of hydrogen-bond donors (Lipinski definition) is 2. The lowest BCUT2D eigenvalue weighted by molar-refractivity contribution is 0.147. The predicted octanol–water partition coefficient (Wildman–Crippen LogP) is 3.15. The van der Waals surface area contributed by atoms with Crippen molar-refractivity contribution < 1.29 is 18.1 Å². The third-order valence-electron chi connectivity index (χ3n) is 3.30. The molecular formula is C13H28O4S. The summed E-state index contributed by atoms with van der Waals surface area (Å²) in [5, 5.41) is 8.98. The van der Waals surface area contributed by atoms with Crippen LogP contribution in [0.15, 0.2) is 0 Å². The zero-order valence-electron chi connectivity index (χ0n) is 11.6. The van der Waals surface area contributed by atoms with Crippen LogP contribution in [0.3, 0.4) is 0 Å². The van der Waals surface area contributed by atoms with Crippen LogP contribution in [0.5, 0.6) is 0 Å². The Hall–Kier alpha value is -0.130. The Kier molecular flexibility index (Phi) is 9.68. The molecule has 2 N–H and O–H groups in total. The van der Waals surface area contributed by atoms with Gasteiger partial charge in [0.15, 0.2) is 0 Å². The molecule has 2 atom stereocenters. The lowest BCUT2D eigenvalue weighted by Gasteiger charge is -2.12. The summed E-state index contributed by atoms with van der Waals surface area (Å²) >= 11 is 0. The first kappa shape index (κ1) is 17.9. The van der Waals surface area contributed by atoms with Crippen LogP contribution in [0.25, 0.3) is 0 Å². The molecule has 0 aromatic rings. The average Bonchev–Trinajstić information content (AvgIpc) is 2.27. The molecule has 18 heavy (non-hydrogen) atoms. The second-order valence-corrected chi connectivity index (χ2v) is 6.95. The maximum absolute atomic E-state index is 10.8. The van der Waals surface area contributed by atoms with Crippen molar-refractivity contribution >= 4 is 10.1 Å². The number of unbranched alkanes of at least 4 members (excludes halogenated alkanes) is 4. The number of hydrogen-bond acceptors (Lipinski definition) is 3. The summed E-state index contributed by atoms with van der Waals surface area (Å²) in [7, 11) is -3.91. The van der Waals surface area contributed by atoms with Crippen molar-refractivity contribution in [1.29, 1.82) is 0 Å². The monoisotopic (exact) mass is 280 g/mol. The van der Waals surface area contributed by atoms with Gasteiger partial charge in [0.1, 0.15) is 0 Å². The van der Waals surface area contributed by atoms with Gasteiger partial charge >= 0.3 is 0 Å². The fourth-order valence-corrected chi connectivity index (χ4v) is 2.38. The number of rotatable bonds is 11. The van der Waals surface area contributed by atoms with Crippen LogP contribution in [0.4, 0.5) is 0 Å². The summed E-state index contributed by atoms with van der Waals surface area (Å²) in [4.78, 5) is 0. The smallest absolute Gasteiger partial charge is 0.267 e. The van der Waals surface area contributed by atoms with Crippen molar-refractivity contribution in [3.8, 4) is 0 Å². The van der Waals surface area contributed by atoms with Crippen LogP contribution >= 0.6 is 0 Å². The van der Waals surface area contributed by atoms with E-state index < -0.39 is 15.4 Å². The van der Waals surface area contributed by atoms with Crippen molar-refractivity contribution in [3.63, 3.8) is 0 Å². The summed E-state index contributed by atoms with van der Waals surface area (Å²) in [6, 6.07) is 0. The van der Waals surface area contributed by atoms with Crippen LogP contribution in [0.1, 0.15) is 71.6 Å². The molecule has 0 saturated heterocycles. The Morgan fingerprint density at radius 1 is 0.944 bits per heavy atom. The second-order valence-electron chi connectivity index (χ2n) is 5.11. The Bertz CT molecular complexity index is 287. The first-order valence-corrected chi connectivity index (χ1v) is 8.52. The Morgan fingerprint density at radius 2 is 1.50 bits per heavy atom. The van der Waals surface area contributed by atoms with E-state index in [9.17, 15) is 13.5 Å². The van der Waals surface area contributed by atoms with Crippen molar-refractivity contribution in [2.45, 2.75) is 83.0 Å². The van der Waals surface area contributed by atoms with Gasteiger partial charge in [-0.25, -0.2) is 0 Å². The third kappa shape index (κ3) is 9.85. The van der Waals surface area contributed by atoms with E-state index in [1.807, 2.05) is 0 Å². The van der Waals surface area contributed by atoms with Gasteiger partial charge in [0.05, 0.1) is 11.4 Å². The fraction of sp³-hybridized carbons (Fsp3) is 1.00. The van der Waals surface area contributed by atoms with Crippen molar-refractivity contribution in [1.82, 2.24) is 0 Å². The van der Waals surface area contributed by atoms with E-state index in [-0.39, 0.29) is 6.10 Å². The van der Waals surface area contributed by atoms with Crippen LogP contribution in [-0.2, 0) is 10.1 Å². The summed E-state index contributed by atoms with van der Waals surface area (Å²) in [5.41, 5.74) is 0. The molecule has 4 nitrogen and oxygen atoms in total. The summed E-state index contributed by atoms with van der Waals surface area (Å²) in [5.74, 6) is 0. The molecule has 0 amide bonds. The van der Waals surface area contributed by atoms with E-state index in [1.165, 1.54) is 26.2 Å². The highest BCUT2D eigenvalue weighted by Crippen LogP contribution is 2.14. The number of aliphatic hydroxyl groups is 1. The average molecular weight is 280 g/mol. The molecule has 0 aliphatic heterocycles. The minimum atomic E-state index is -3.91. The molecule has 0 radical (unpaired) electrons. The van der Waals surface area contributed by atoms with Gasteiger partial charge in [0, 0.05) is 0 Å². The molecule has 0 heterocycles. The van der Waals surface area contributed by atoms with E-state index in [1.54, 1.807) is 0 Å². The highest BCUT2D eigenvalue weighted by molar-refractivity contribution is 7.86. The summed E-state index contributed by atoms with van der Waals surface area (Å²) < 4.78 is 30.3. The molecule has 2 unspecified atom stereocenters. The Labute approximate surface area is 112 Å². The lowest BCUT2D eigenvalue weighted by atomic mass is 10.0. The third-order valence-corrected chi connectivity index (χ3v) is 4.55. The van der Waals surface area contributed by atoms with Gasteiger partial charge in [-0.3, -0.25) is 4.55 Å². The van der Waals surface area contributed by atoms with Gasteiger partial charge in [-0.15, -0.1) is 0 Å². The van der Waals surface area contributed by atoms with Crippen LogP contribution in [-0.4, -0.2) is 29.4 Å². The quantitative estimate of drug-likeness (QED) is 0.450. The molecule has 0 fully saturated rings. The van der Waals surface area contributed by atoms with E-state index in [4.69, 9.17) is 4.55 Å². The Morgan fingerprint density at radius 3 is 2.06 bits per heavy atom. The molecule has 5 heteroatoms. The number of aliphatic hydroxyl groups excluding tert-OH is 1. The largest absolute Gasteiger partial charge is 0.393 e. The Balaban J connectivity index is 3.50. The van der Waals surface area contributed by atoms with E-state index in [2.05, 4.69) is 6.92 Å². The SMILES string of the molecule is CCCCCCCC(O)CCCC(C)S(=O)(=O)O. The van der Waals surface area contributed by atoms with Gasteiger partial charge in [0.2, 0.25) is 0 Å². The molecule has 0 bridgehead atoms. The van der Waals surface area contributed by atoms with Crippen molar-refractivity contribution in [3.05, 3.63) is 0 Å². The van der Waals surface area contributed by atoms with Crippen molar-refractivity contribution in [2.24, 2.45) is 0 Å². The predicted molar refractivity (Wildman–Crippen MR) is 74.2 cm³/mol. The van der Waals surface area contributed by atoms with E-state index in [0.29, 0.717) is 19.3 Å². The van der Waals surface area contributed by atoms with Crippen LogP contribution in [0.2, 0.25) is 0 Å². The van der Waals surface area contributed by atoms with Crippen LogP contribution < -0.4 is 0 Å². The van der Waals surface area contributed by atoms with E-state index in [0.717, 1.165) is 19.3 Å². The van der Waals surface area contributed by atoms with Gasteiger partial charge in [-0.1, -0.05) is 39.0 Å². The molecule has 0 spiro atoms. The summed E-state index contributed by atoms with van der Waals surface area (Å²) in [6.07, 6.45) is 8.02. The van der Waals surface area contributed by atoms with Gasteiger partial charge in [-0.05, 0) is 32.6 Å². The first-order chi connectivity index (χ1) is 8.38. The maximum Gasteiger partial charge on any atom is 0.267 e. The zero-order chi connectivity index (χ0) is 14.0. The fourth-order valence-electron chi connectivity index (χ4n) is 1.92. The summed E-state index contributed by atoms with van der Waals surface area (Å²) in [6.45, 7) is 3.66. The van der Waals surface area contributed by atoms with Gasteiger partial charge < -0.3 is 5.11 Å². The normalized spacial score (nSPS) is 15.6. The minimum absolute atomic E-state index is 0.333. The van der Waals surface area contributed by atoms with Crippen LogP contribution in [0, 0.1) is 0 Å². The lowest BCUT2D eigenvalue weighted by Crippen LogP contribution is -2.17. The molecule has 0 aromatic heterocycles. The van der Waals surface area contributed by atoms with Gasteiger partial charge in [-0.2, -0.15) is 8.42 Å². The molecule has 0 aliphatic carbocycles. The van der Waals surface area contributed by atoms with Crippen molar-refractivity contribution in [2.75, 3.05) is 0 Å². The molecular weight excluding hydrogens is 252 g/mol. The standard InChI is InChI=1S/C13H28O4S/c1-3-4-5-6-7-10-13(14)11-8-9-12(2)18(15,16)17/h12-14H,3-11H2,1-2H3,(H,15,16,17). The topological polar surface area (TPSA) is 74.6 Å². The molecule has 0 aliphatic rings.